The Morgan fingerprint density at radius 2 is 1.71 bits per heavy atom. The van der Waals surface area contributed by atoms with Gasteiger partial charge in [0.2, 0.25) is 0 Å². The minimum atomic E-state index is -4.76. The molecule has 0 radical (unpaired) electrons. The van der Waals surface area contributed by atoms with E-state index in [0.29, 0.717) is 5.69 Å². The first-order valence-electron chi connectivity index (χ1n) is 9.33. The molecule has 0 spiro atoms. The van der Waals surface area contributed by atoms with Crippen LogP contribution in [0.1, 0.15) is 33.1 Å². The van der Waals surface area contributed by atoms with Crippen LogP contribution in [0, 0.1) is 0 Å². The summed E-state index contributed by atoms with van der Waals surface area (Å²) in [4.78, 5) is 27.4. The summed E-state index contributed by atoms with van der Waals surface area (Å²) in [6.07, 6.45) is -1.66. The van der Waals surface area contributed by atoms with Gasteiger partial charge in [-0.25, -0.2) is 0 Å². The largest absolute Gasteiger partial charge is 0.573 e. The number of likely N-dealkylation sites (N-methyl/N-ethyl adjacent to an activating group) is 1. The molecule has 0 bridgehead atoms. The molecule has 1 fully saturated rings. The Labute approximate surface area is 162 Å². The van der Waals surface area contributed by atoms with Crippen LogP contribution in [0.25, 0.3) is 0 Å². The molecular weight excluding hydrogens is 375 g/mol. The number of hydrogen-bond acceptors (Lipinski definition) is 3. The average molecular weight is 402 g/mol. The highest BCUT2D eigenvalue weighted by Gasteiger charge is 2.31. The number of nitrogens with one attached hydrogen (secondary N) is 2. The molecule has 2 N–H and O–H groups in total. The number of anilines is 1. The molecule has 1 aliphatic rings. The SMILES string of the molecule is C[C@@H]1CCC[C@H](C)N1C(=O)C[NH+](C)CC(=O)Nc1ccc(OC(F)(F)F)cc1. The summed E-state index contributed by atoms with van der Waals surface area (Å²) in [5.74, 6) is -0.656. The molecule has 1 heterocycles. The minimum Gasteiger partial charge on any atom is -0.406 e. The fraction of sp³-hybridized carbons (Fsp3) is 0.579. The number of quaternary nitrogens is 1. The quantitative estimate of drug-likeness (QED) is 0.763. The highest BCUT2D eigenvalue weighted by atomic mass is 19.4. The van der Waals surface area contributed by atoms with Gasteiger partial charge in [0.15, 0.2) is 13.1 Å². The van der Waals surface area contributed by atoms with Crippen molar-refractivity contribution in [3.05, 3.63) is 24.3 Å². The molecule has 3 atom stereocenters. The van der Waals surface area contributed by atoms with E-state index in [-0.39, 0.29) is 42.7 Å². The molecule has 1 aromatic rings. The van der Waals surface area contributed by atoms with Crippen LogP contribution >= 0.6 is 0 Å². The molecule has 1 unspecified atom stereocenters. The van der Waals surface area contributed by atoms with Gasteiger partial charge in [-0.15, -0.1) is 13.2 Å². The van der Waals surface area contributed by atoms with Gasteiger partial charge in [0.05, 0.1) is 7.05 Å². The summed E-state index contributed by atoms with van der Waals surface area (Å²) in [5.41, 5.74) is 0.358. The van der Waals surface area contributed by atoms with E-state index in [1.807, 2.05) is 18.7 Å². The van der Waals surface area contributed by atoms with Crippen LogP contribution in [0.4, 0.5) is 18.9 Å². The smallest absolute Gasteiger partial charge is 0.406 e. The Morgan fingerprint density at radius 3 is 2.25 bits per heavy atom. The Bertz CT molecular complexity index is 669. The van der Waals surface area contributed by atoms with Crippen molar-refractivity contribution in [2.75, 3.05) is 25.5 Å². The number of nitrogens with zero attached hydrogens (tertiary/aromatic N) is 1. The van der Waals surface area contributed by atoms with Gasteiger partial charge in [-0.2, -0.15) is 0 Å². The van der Waals surface area contributed by atoms with E-state index >= 15 is 0 Å². The lowest BCUT2D eigenvalue weighted by molar-refractivity contribution is -0.862. The lowest BCUT2D eigenvalue weighted by Gasteiger charge is -2.39. The first-order chi connectivity index (χ1) is 13.0. The molecule has 1 aliphatic heterocycles. The second-order valence-electron chi connectivity index (χ2n) is 7.36. The van der Waals surface area contributed by atoms with Crippen molar-refractivity contribution < 1.29 is 32.4 Å². The molecule has 1 aromatic carbocycles. The predicted molar refractivity (Wildman–Crippen MR) is 98.0 cm³/mol. The van der Waals surface area contributed by atoms with E-state index in [1.54, 1.807) is 7.05 Å². The molecule has 6 nitrogen and oxygen atoms in total. The van der Waals surface area contributed by atoms with Crippen molar-refractivity contribution in [2.45, 2.75) is 51.6 Å². The van der Waals surface area contributed by atoms with Gasteiger partial charge >= 0.3 is 6.36 Å². The Hall–Kier alpha value is -2.29. The lowest BCUT2D eigenvalue weighted by Crippen LogP contribution is -3.11. The zero-order valence-corrected chi connectivity index (χ0v) is 16.3. The van der Waals surface area contributed by atoms with E-state index in [2.05, 4.69) is 10.1 Å². The Kier molecular flexibility index (Phi) is 7.29. The number of carbonyl (C=O) groups is 2. The maximum Gasteiger partial charge on any atom is 0.573 e. The maximum atomic E-state index is 12.6. The van der Waals surface area contributed by atoms with E-state index < -0.39 is 6.36 Å². The maximum absolute atomic E-state index is 12.6. The van der Waals surface area contributed by atoms with Crippen molar-refractivity contribution in [3.8, 4) is 5.75 Å². The van der Waals surface area contributed by atoms with E-state index in [9.17, 15) is 22.8 Å². The van der Waals surface area contributed by atoms with E-state index in [4.69, 9.17) is 0 Å². The van der Waals surface area contributed by atoms with Crippen molar-refractivity contribution in [2.24, 2.45) is 0 Å². The van der Waals surface area contributed by atoms with Crippen LogP contribution in [0.15, 0.2) is 24.3 Å². The number of piperidine rings is 1. The number of halogens is 3. The minimum absolute atomic E-state index is 0.0265. The van der Waals surface area contributed by atoms with Crippen LogP contribution in [0.5, 0.6) is 5.75 Å². The highest BCUT2D eigenvalue weighted by molar-refractivity contribution is 5.91. The normalized spacial score (nSPS) is 21.1. The molecule has 2 amide bonds. The molecule has 156 valence electrons. The van der Waals surface area contributed by atoms with Crippen LogP contribution in [-0.2, 0) is 9.59 Å². The van der Waals surface area contributed by atoms with Gasteiger partial charge in [0, 0.05) is 17.8 Å². The second-order valence-corrected chi connectivity index (χ2v) is 7.36. The van der Waals surface area contributed by atoms with Gasteiger partial charge in [0.25, 0.3) is 11.8 Å². The lowest BCUT2D eigenvalue weighted by atomic mass is 9.97. The monoisotopic (exact) mass is 402 g/mol. The van der Waals surface area contributed by atoms with Gasteiger partial charge in [-0.3, -0.25) is 9.59 Å². The fourth-order valence-electron chi connectivity index (χ4n) is 3.54. The zero-order chi connectivity index (χ0) is 20.9. The molecular formula is C19H27F3N3O3+. The topological polar surface area (TPSA) is 63.1 Å². The number of benzene rings is 1. The number of rotatable bonds is 6. The first kappa shape index (κ1) is 22.0. The van der Waals surface area contributed by atoms with Gasteiger partial charge in [-0.05, 0) is 57.4 Å². The van der Waals surface area contributed by atoms with Crippen molar-refractivity contribution >= 4 is 17.5 Å². The number of alkyl halides is 3. The summed E-state index contributed by atoms with van der Waals surface area (Å²) >= 11 is 0. The molecule has 0 saturated carbocycles. The Morgan fingerprint density at radius 1 is 1.14 bits per heavy atom. The molecule has 9 heteroatoms. The van der Waals surface area contributed by atoms with Crippen LogP contribution in [-0.4, -0.2) is 55.3 Å². The van der Waals surface area contributed by atoms with Gasteiger partial charge < -0.3 is 19.9 Å². The highest BCUT2D eigenvalue weighted by Crippen LogP contribution is 2.24. The average Bonchev–Trinajstić information content (AvgIpc) is 2.54. The third kappa shape index (κ3) is 6.70. The van der Waals surface area contributed by atoms with Gasteiger partial charge in [-0.1, -0.05) is 0 Å². The molecule has 2 rings (SSSR count). The summed E-state index contributed by atoms with van der Waals surface area (Å²) in [6, 6.07) is 5.32. The van der Waals surface area contributed by atoms with Crippen LogP contribution in [0.2, 0.25) is 0 Å². The van der Waals surface area contributed by atoms with Crippen molar-refractivity contribution in [1.82, 2.24) is 4.90 Å². The summed E-state index contributed by atoms with van der Waals surface area (Å²) in [6.45, 7) is 4.37. The van der Waals surface area contributed by atoms with Crippen LogP contribution < -0.4 is 15.0 Å². The van der Waals surface area contributed by atoms with E-state index in [1.165, 1.54) is 12.1 Å². The number of amides is 2. The predicted octanol–water partition coefficient (Wildman–Crippen LogP) is 1.83. The fourth-order valence-corrected chi connectivity index (χ4v) is 3.54. The summed E-state index contributed by atoms with van der Waals surface area (Å²) < 4.78 is 40.3. The first-order valence-corrected chi connectivity index (χ1v) is 9.33. The molecule has 1 saturated heterocycles. The number of likely N-dealkylation sites (tertiary alicyclic amines) is 1. The number of ether oxygens (including phenoxy) is 1. The number of carbonyl (C=O) groups excluding carboxylic acids is 2. The standard InChI is InChI=1S/C19H26F3N3O3/c1-13-5-4-6-14(2)25(13)18(27)12-24(3)11-17(26)23-15-7-9-16(10-8-15)28-19(20,21)22/h7-10,13-14H,4-6,11-12H2,1-3H3,(H,23,26)/p+1/t13-,14+. The summed E-state index contributed by atoms with van der Waals surface area (Å²) in [7, 11) is 1.76. The Balaban J connectivity index is 1.82. The van der Waals surface area contributed by atoms with Crippen LogP contribution in [0.3, 0.4) is 0 Å². The zero-order valence-electron chi connectivity index (χ0n) is 16.3. The third-order valence-electron chi connectivity index (χ3n) is 4.77. The summed E-state index contributed by atoms with van der Waals surface area (Å²) in [5, 5.41) is 2.61. The van der Waals surface area contributed by atoms with E-state index in [0.717, 1.165) is 36.3 Å². The number of hydrogen-bond donors (Lipinski definition) is 2. The third-order valence-corrected chi connectivity index (χ3v) is 4.77. The van der Waals surface area contributed by atoms with Crippen molar-refractivity contribution in [1.29, 1.82) is 0 Å². The molecule has 0 aromatic heterocycles. The molecule has 0 aliphatic carbocycles. The van der Waals surface area contributed by atoms with Gasteiger partial charge in [0.1, 0.15) is 5.75 Å². The molecule has 28 heavy (non-hydrogen) atoms. The second kappa shape index (κ2) is 9.27. The van der Waals surface area contributed by atoms with Crippen molar-refractivity contribution in [3.63, 3.8) is 0 Å².